The second-order valence-electron chi connectivity index (χ2n) is 3.82. The lowest BCUT2D eigenvalue weighted by Gasteiger charge is -2.12. The minimum Gasteiger partial charge on any atom is -0.497 e. The Morgan fingerprint density at radius 2 is 2.06 bits per heavy atom. The normalized spacial score (nSPS) is 11.8. The molecule has 0 aliphatic rings. The third-order valence-electron chi connectivity index (χ3n) is 2.43. The standard InChI is InChI=1S/C13H18N2O/c1-11(15-9-3-8-14)10-12-4-6-13(16-2)7-5-12/h4-7,11,15H,3,9-10H2,1-2H3. The van der Waals surface area contributed by atoms with Crippen molar-refractivity contribution in [2.75, 3.05) is 13.7 Å². The van der Waals surface area contributed by atoms with Gasteiger partial charge in [0.2, 0.25) is 0 Å². The van der Waals surface area contributed by atoms with Crippen LogP contribution in [0.1, 0.15) is 18.9 Å². The zero-order valence-corrected chi connectivity index (χ0v) is 9.86. The van der Waals surface area contributed by atoms with E-state index in [1.54, 1.807) is 7.11 Å². The quantitative estimate of drug-likeness (QED) is 0.744. The molecule has 1 rings (SSSR count). The average Bonchev–Trinajstić information content (AvgIpc) is 2.30. The molecular formula is C13H18N2O. The van der Waals surface area contributed by atoms with Gasteiger partial charge in [0.25, 0.3) is 0 Å². The van der Waals surface area contributed by atoms with Gasteiger partial charge in [-0.1, -0.05) is 12.1 Å². The molecule has 1 N–H and O–H groups in total. The first-order chi connectivity index (χ1) is 7.76. The van der Waals surface area contributed by atoms with Crippen molar-refractivity contribution in [1.82, 2.24) is 5.32 Å². The topological polar surface area (TPSA) is 45.0 Å². The van der Waals surface area contributed by atoms with Crippen molar-refractivity contribution in [2.24, 2.45) is 0 Å². The molecule has 0 spiro atoms. The van der Waals surface area contributed by atoms with Crippen LogP contribution >= 0.6 is 0 Å². The summed E-state index contributed by atoms with van der Waals surface area (Å²) < 4.78 is 5.10. The molecule has 16 heavy (non-hydrogen) atoms. The van der Waals surface area contributed by atoms with Crippen molar-refractivity contribution in [3.63, 3.8) is 0 Å². The fraction of sp³-hybridized carbons (Fsp3) is 0.462. The average molecular weight is 218 g/mol. The van der Waals surface area contributed by atoms with E-state index in [4.69, 9.17) is 10.00 Å². The van der Waals surface area contributed by atoms with Gasteiger partial charge in [-0.25, -0.2) is 0 Å². The Morgan fingerprint density at radius 3 is 2.62 bits per heavy atom. The second kappa shape index (κ2) is 6.86. The van der Waals surface area contributed by atoms with Gasteiger partial charge < -0.3 is 10.1 Å². The first-order valence-electron chi connectivity index (χ1n) is 5.49. The van der Waals surface area contributed by atoms with E-state index in [2.05, 4.69) is 30.4 Å². The monoisotopic (exact) mass is 218 g/mol. The highest BCUT2D eigenvalue weighted by Crippen LogP contribution is 2.12. The Hall–Kier alpha value is -1.53. The molecule has 0 heterocycles. The SMILES string of the molecule is COc1ccc(CC(C)NCCC#N)cc1. The van der Waals surface area contributed by atoms with Crippen molar-refractivity contribution in [2.45, 2.75) is 25.8 Å². The van der Waals surface area contributed by atoms with Gasteiger partial charge in [0.15, 0.2) is 0 Å². The molecule has 3 heteroatoms. The molecular weight excluding hydrogens is 200 g/mol. The highest BCUT2D eigenvalue weighted by Gasteiger charge is 2.02. The van der Waals surface area contributed by atoms with Crippen LogP contribution in [0.15, 0.2) is 24.3 Å². The molecule has 0 aliphatic carbocycles. The summed E-state index contributed by atoms with van der Waals surface area (Å²) in [5.41, 5.74) is 1.28. The van der Waals surface area contributed by atoms with Crippen LogP contribution in [0.25, 0.3) is 0 Å². The van der Waals surface area contributed by atoms with E-state index >= 15 is 0 Å². The van der Waals surface area contributed by atoms with E-state index in [1.807, 2.05) is 12.1 Å². The van der Waals surface area contributed by atoms with Crippen molar-refractivity contribution in [3.05, 3.63) is 29.8 Å². The van der Waals surface area contributed by atoms with Crippen LogP contribution in [0.3, 0.4) is 0 Å². The van der Waals surface area contributed by atoms with Gasteiger partial charge >= 0.3 is 0 Å². The first kappa shape index (κ1) is 12.5. The zero-order chi connectivity index (χ0) is 11.8. The molecule has 86 valence electrons. The van der Waals surface area contributed by atoms with Crippen LogP contribution in [-0.4, -0.2) is 19.7 Å². The van der Waals surface area contributed by atoms with Crippen molar-refractivity contribution in [1.29, 1.82) is 5.26 Å². The molecule has 0 aliphatic heterocycles. The molecule has 0 radical (unpaired) electrons. The molecule has 1 atom stereocenters. The zero-order valence-electron chi connectivity index (χ0n) is 9.86. The van der Waals surface area contributed by atoms with Gasteiger partial charge in [0, 0.05) is 19.0 Å². The number of hydrogen-bond acceptors (Lipinski definition) is 3. The molecule has 1 aromatic rings. The first-order valence-corrected chi connectivity index (χ1v) is 5.49. The number of nitrogens with zero attached hydrogens (tertiary/aromatic N) is 1. The largest absolute Gasteiger partial charge is 0.497 e. The Balaban J connectivity index is 2.37. The summed E-state index contributed by atoms with van der Waals surface area (Å²) in [5, 5.41) is 11.7. The maximum Gasteiger partial charge on any atom is 0.118 e. The van der Waals surface area contributed by atoms with Crippen LogP contribution in [0, 0.1) is 11.3 Å². The summed E-state index contributed by atoms with van der Waals surface area (Å²) in [6.45, 7) is 2.88. The summed E-state index contributed by atoms with van der Waals surface area (Å²) in [6.07, 6.45) is 1.53. The van der Waals surface area contributed by atoms with Crippen LogP contribution in [-0.2, 0) is 6.42 Å². The lowest BCUT2D eigenvalue weighted by atomic mass is 10.1. The van der Waals surface area contributed by atoms with E-state index in [0.29, 0.717) is 12.5 Å². The highest BCUT2D eigenvalue weighted by molar-refractivity contribution is 5.27. The molecule has 0 fully saturated rings. The van der Waals surface area contributed by atoms with Gasteiger partial charge in [-0.05, 0) is 31.0 Å². The summed E-state index contributed by atoms with van der Waals surface area (Å²) in [7, 11) is 1.67. The number of hydrogen-bond donors (Lipinski definition) is 1. The Kier molecular flexibility index (Phi) is 5.38. The minimum atomic E-state index is 0.391. The van der Waals surface area contributed by atoms with E-state index in [9.17, 15) is 0 Å². The lowest BCUT2D eigenvalue weighted by molar-refractivity contribution is 0.414. The number of ether oxygens (including phenoxy) is 1. The Morgan fingerprint density at radius 1 is 1.38 bits per heavy atom. The maximum atomic E-state index is 8.42. The summed E-state index contributed by atoms with van der Waals surface area (Å²) in [4.78, 5) is 0. The summed E-state index contributed by atoms with van der Waals surface area (Å²) in [5.74, 6) is 0.883. The summed E-state index contributed by atoms with van der Waals surface area (Å²) >= 11 is 0. The maximum absolute atomic E-state index is 8.42. The van der Waals surface area contributed by atoms with Crippen molar-refractivity contribution < 1.29 is 4.74 Å². The van der Waals surface area contributed by atoms with Gasteiger partial charge in [0.05, 0.1) is 13.2 Å². The number of nitriles is 1. The van der Waals surface area contributed by atoms with Crippen LogP contribution in [0.4, 0.5) is 0 Å². The third kappa shape index (κ3) is 4.33. The smallest absolute Gasteiger partial charge is 0.118 e. The molecule has 0 saturated carbocycles. The molecule has 0 aromatic heterocycles. The predicted molar refractivity (Wildman–Crippen MR) is 64.4 cm³/mol. The molecule has 0 bridgehead atoms. The summed E-state index contributed by atoms with van der Waals surface area (Å²) in [6, 6.07) is 10.6. The van der Waals surface area contributed by atoms with Crippen molar-refractivity contribution >= 4 is 0 Å². The molecule has 1 aromatic carbocycles. The third-order valence-corrected chi connectivity index (χ3v) is 2.43. The number of rotatable bonds is 6. The van der Waals surface area contributed by atoms with Crippen LogP contribution in [0.5, 0.6) is 5.75 Å². The predicted octanol–water partition coefficient (Wildman–Crippen LogP) is 2.13. The lowest BCUT2D eigenvalue weighted by Crippen LogP contribution is -2.28. The Bertz CT molecular complexity index is 340. The van der Waals surface area contributed by atoms with Gasteiger partial charge in [-0.3, -0.25) is 0 Å². The van der Waals surface area contributed by atoms with E-state index in [0.717, 1.165) is 18.7 Å². The second-order valence-corrected chi connectivity index (χ2v) is 3.82. The van der Waals surface area contributed by atoms with Crippen LogP contribution < -0.4 is 10.1 Å². The number of nitrogens with one attached hydrogen (secondary N) is 1. The Labute approximate surface area is 97.0 Å². The molecule has 3 nitrogen and oxygen atoms in total. The highest BCUT2D eigenvalue weighted by atomic mass is 16.5. The van der Waals surface area contributed by atoms with Gasteiger partial charge in [-0.15, -0.1) is 0 Å². The van der Waals surface area contributed by atoms with Gasteiger partial charge in [-0.2, -0.15) is 5.26 Å². The molecule has 0 saturated heterocycles. The fourth-order valence-electron chi connectivity index (χ4n) is 1.56. The van der Waals surface area contributed by atoms with E-state index in [-0.39, 0.29) is 0 Å². The fourth-order valence-corrected chi connectivity index (χ4v) is 1.56. The van der Waals surface area contributed by atoms with Gasteiger partial charge in [0.1, 0.15) is 5.75 Å². The van der Waals surface area contributed by atoms with Crippen LogP contribution in [0.2, 0.25) is 0 Å². The molecule has 0 amide bonds. The van der Waals surface area contributed by atoms with Crippen molar-refractivity contribution in [3.8, 4) is 11.8 Å². The molecule has 1 unspecified atom stereocenters. The minimum absolute atomic E-state index is 0.391. The van der Waals surface area contributed by atoms with E-state index in [1.165, 1.54) is 5.56 Å². The number of benzene rings is 1. The van der Waals surface area contributed by atoms with E-state index < -0.39 is 0 Å². The number of methoxy groups -OCH3 is 1.